The topological polar surface area (TPSA) is 38.3 Å². The van der Waals surface area contributed by atoms with Crippen LogP contribution in [0.1, 0.15) is 25.3 Å². The standard InChI is InChI=1S/C15H20BrNO2/c1-2-19-14(18)15(7-4-8-17-11-15)10-12-5-3-6-13(16)9-12/h3,5-6,9,17H,2,4,7-8,10-11H2,1H3. The molecule has 1 heterocycles. The molecule has 1 atom stereocenters. The lowest BCUT2D eigenvalue weighted by Crippen LogP contribution is -2.47. The summed E-state index contributed by atoms with van der Waals surface area (Å²) in [6.07, 6.45) is 2.65. The third kappa shape index (κ3) is 3.57. The van der Waals surface area contributed by atoms with Gasteiger partial charge in [0.15, 0.2) is 0 Å². The molecule has 1 aromatic carbocycles. The smallest absolute Gasteiger partial charge is 0.313 e. The van der Waals surface area contributed by atoms with Crippen molar-refractivity contribution in [2.24, 2.45) is 5.41 Å². The first-order chi connectivity index (χ1) is 9.16. The molecule has 0 aliphatic carbocycles. The first-order valence-corrected chi connectivity index (χ1v) is 7.58. The number of halogens is 1. The van der Waals surface area contributed by atoms with Gasteiger partial charge in [0.1, 0.15) is 0 Å². The first kappa shape index (κ1) is 14.5. The summed E-state index contributed by atoms with van der Waals surface area (Å²) in [5.41, 5.74) is 0.765. The maximum atomic E-state index is 12.3. The zero-order chi connectivity index (χ0) is 13.7. The highest BCUT2D eigenvalue weighted by atomic mass is 79.9. The summed E-state index contributed by atoms with van der Waals surface area (Å²) in [7, 11) is 0. The minimum atomic E-state index is -0.408. The van der Waals surface area contributed by atoms with Crippen LogP contribution in [0, 0.1) is 5.41 Å². The number of benzene rings is 1. The lowest BCUT2D eigenvalue weighted by molar-refractivity contribution is -0.156. The van der Waals surface area contributed by atoms with Crippen molar-refractivity contribution in [3.63, 3.8) is 0 Å². The molecule has 2 rings (SSSR count). The number of piperidine rings is 1. The summed E-state index contributed by atoms with van der Waals surface area (Å²) in [5.74, 6) is -0.0674. The van der Waals surface area contributed by atoms with E-state index in [0.29, 0.717) is 13.2 Å². The van der Waals surface area contributed by atoms with Crippen LogP contribution in [0.3, 0.4) is 0 Å². The maximum absolute atomic E-state index is 12.3. The molecule has 0 radical (unpaired) electrons. The van der Waals surface area contributed by atoms with Crippen molar-refractivity contribution in [3.8, 4) is 0 Å². The van der Waals surface area contributed by atoms with Gasteiger partial charge in [-0.3, -0.25) is 4.79 Å². The Morgan fingerprint density at radius 1 is 1.53 bits per heavy atom. The molecule has 0 amide bonds. The third-order valence-corrected chi connectivity index (χ3v) is 4.11. The molecule has 3 nitrogen and oxygen atoms in total. The van der Waals surface area contributed by atoms with Gasteiger partial charge in [-0.1, -0.05) is 28.1 Å². The Kier molecular flexibility index (Phi) is 4.99. The van der Waals surface area contributed by atoms with E-state index in [4.69, 9.17) is 4.74 Å². The molecule has 1 fully saturated rings. The zero-order valence-electron chi connectivity index (χ0n) is 11.2. The summed E-state index contributed by atoms with van der Waals surface area (Å²) in [4.78, 5) is 12.3. The van der Waals surface area contributed by atoms with Gasteiger partial charge in [0.2, 0.25) is 0 Å². The number of carbonyl (C=O) groups is 1. The second-order valence-electron chi connectivity index (χ2n) is 5.09. The zero-order valence-corrected chi connectivity index (χ0v) is 12.8. The van der Waals surface area contributed by atoms with E-state index in [9.17, 15) is 4.79 Å². The average Bonchev–Trinajstić information content (AvgIpc) is 2.40. The van der Waals surface area contributed by atoms with Crippen LogP contribution in [0.25, 0.3) is 0 Å². The van der Waals surface area contributed by atoms with Crippen molar-refractivity contribution in [2.75, 3.05) is 19.7 Å². The lowest BCUT2D eigenvalue weighted by Gasteiger charge is -2.35. The molecule has 1 unspecified atom stereocenters. The average molecular weight is 326 g/mol. The molecule has 1 aromatic rings. The number of hydrogen-bond acceptors (Lipinski definition) is 3. The normalized spacial score (nSPS) is 23.1. The van der Waals surface area contributed by atoms with E-state index in [1.165, 1.54) is 5.56 Å². The fourth-order valence-corrected chi connectivity index (χ4v) is 3.13. The molecule has 0 bridgehead atoms. The van der Waals surface area contributed by atoms with Gasteiger partial charge >= 0.3 is 5.97 Å². The van der Waals surface area contributed by atoms with E-state index in [-0.39, 0.29) is 5.97 Å². The van der Waals surface area contributed by atoms with Crippen molar-refractivity contribution in [1.29, 1.82) is 0 Å². The number of ether oxygens (including phenoxy) is 1. The van der Waals surface area contributed by atoms with Crippen molar-refractivity contribution >= 4 is 21.9 Å². The van der Waals surface area contributed by atoms with Crippen LogP contribution < -0.4 is 5.32 Å². The lowest BCUT2D eigenvalue weighted by atomic mass is 9.76. The van der Waals surface area contributed by atoms with Gasteiger partial charge in [0, 0.05) is 11.0 Å². The molecule has 0 aromatic heterocycles. The summed E-state index contributed by atoms with van der Waals surface area (Å²) in [5, 5.41) is 3.34. The maximum Gasteiger partial charge on any atom is 0.313 e. The van der Waals surface area contributed by atoms with Crippen molar-refractivity contribution < 1.29 is 9.53 Å². The molecule has 104 valence electrons. The molecule has 19 heavy (non-hydrogen) atoms. The molecule has 0 spiro atoms. The molecule has 1 aliphatic rings. The monoisotopic (exact) mass is 325 g/mol. The van der Waals surface area contributed by atoms with Gasteiger partial charge in [-0.05, 0) is 50.4 Å². The largest absolute Gasteiger partial charge is 0.466 e. The van der Waals surface area contributed by atoms with E-state index >= 15 is 0 Å². The Hall–Kier alpha value is -0.870. The van der Waals surface area contributed by atoms with Gasteiger partial charge < -0.3 is 10.1 Å². The molecule has 1 aliphatic heterocycles. The highest BCUT2D eigenvalue weighted by Crippen LogP contribution is 2.32. The van der Waals surface area contributed by atoms with Crippen LogP contribution in [0.5, 0.6) is 0 Å². The molecule has 1 N–H and O–H groups in total. The molecular weight excluding hydrogens is 306 g/mol. The SMILES string of the molecule is CCOC(=O)C1(Cc2cccc(Br)c2)CCCNC1. The summed E-state index contributed by atoms with van der Waals surface area (Å²) in [6, 6.07) is 8.16. The van der Waals surface area contributed by atoms with E-state index in [0.717, 1.165) is 30.3 Å². The summed E-state index contributed by atoms with van der Waals surface area (Å²) < 4.78 is 6.35. The Labute approximate surface area is 122 Å². The Morgan fingerprint density at radius 2 is 2.37 bits per heavy atom. The van der Waals surface area contributed by atoms with E-state index in [2.05, 4.69) is 33.4 Å². The molecule has 0 saturated carbocycles. The van der Waals surface area contributed by atoms with Gasteiger partial charge in [-0.15, -0.1) is 0 Å². The predicted octanol–water partition coefficient (Wildman–Crippen LogP) is 2.92. The van der Waals surface area contributed by atoms with Crippen LogP contribution >= 0.6 is 15.9 Å². The number of carbonyl (C=O) groups excluding carboxylic acids is 1. The Morgan fingerprint density at radius 3 is 3.00 bits per heavy atom. The Balaban J connectivity index is 2.20. The Bertz CT molecular complexity index is 442. The van der Waals surface area contributed by atoms with E-state index in [1.807, 2.05) is 19.1 Å². The summed E-state index contributed by atoms with van der Waals surface area (Å²) in [6.45, 7) is 4.00. The number of esters is 1. The second-order valence-corrected chi connectivity index (χ2v) is 6.00. The third-order valence-electron chi connectivity index (χ3n) is 3.61. The van der Waals surface area contributed by atoms with Crippen LogP contribution in [0.4, 0.5) is 0 Å². The second kappa shape index (κ2) is 6.53. The first-order valence-electron chi connectivity index (χ1n) is 6.79. The fraction of sp³-hybridized carbons (Fsp3) is 0.533. The van der Waals surface area contributed by atoms with E-state index < -0.39 is 5.41 Å². The number of hydrogen-bond donors (Lipinski definition) is 1. The summed E-state index contributed by atoms with van der Waals surface area (Å²) >= 11 is 3.48. The molecule has 4 heteroatoms. The van der Waals surface area contributed by atoms with Gasteiger partial charge in [0.05, 0.1) is 12.0 Å². The number of nitrogens with one attached hydrogen (secondary N) is 1. The quantitative estimate of drug-likeness (QED) is 0.865. The van der Waals surface area contributed by atoms with Crippen LogP contribution in [-0.4, -0.2) is 25.7 Å². The highest BCUT2D eigenvalue weighted by Gasteiger charge is 2.41. The van der Waals surface area contributed by atoms with Gasteiger partial charge in [-0.25, -0.2) is 0 Å². The molecule has 1 saturated heterocycles. The highest BCUT2D eigenvalue weighted by molar-refractivity contribution is 9.10. The van der Waals surface area contributed by atoms with Crippen molar-refractivity contribution in [3.05, 3.63) is 34.3 Å². The fourth-order valence-electron chi connectivity index (χ4n) is 2.69. The van der Waals surface area contributed by atoms with Crippen molar-refractivity contribution in [1.82, 2.24) is 5.32 Å². The predicted molar refractivity (Wildman–Crippen MR) is 79.0 cm³/mol. The van der Waals surface area contributed by atoms with Crippen molar-refractivity contribution in [2.45, 2.75) is 26.2 Å². The van der Waals surface area contributed by atoms with Crippen LogP contribution in [-0.2, 0) is 16.0 Å². The minimum absolute atomic E-state index is 0.0674. The van der Waals surface area contributed by atoms with Crippen LogP contribution in [0.15, 0.2) is 28.7 Å². The van der Waals surface area contributed by atoms with Crippen LogP contribution in [0.2, 0.25) is 0 Å². The van der Waals surface area contributed by atoms with Gasteiger partial charge in [-0.2, -0.15) is 0 Å². The van der Waals surface area contributed by atoms with Gasteiger partial charge in [0.25, 0.3) is 0 Å². The van der Waals surface area contributed by atoms with E-state index in [1.54, 1.807) is 0 Å². The minimum Gasteiger partial charge on any atom is -0.466 e. The number of rotatable bonds is 4. The molecular formula is C15H20BrNO2.